The van der Waals surface area contributed by atoms with Crippen LogP contribution >= 0.6 is 23.6 Å². The van der Waals surface area contributed by atoms with Crippen molar-refractivity contribution in [3.63, 3.8) is 0 Å². The summed E-state index contributed by atoms with van der Waals surface area (Å²) in [4.78, 5) is 32.9. The van der Waals surface area contributed by atoms with Gasteiger partial charge in [0.1, 0.15) is 6.04 Å². The molecule has 5 rings (SSSR count). The Hall–Kier alpha value is -3.95. The summed E-state index contributed by atoms with van der Waals surface area (Å²) in [5.74, 6) is -0.577. The average molecular weight is 488 g/mol. The van der Waals surface area contributed by atoms with Crippen LogP contribution in [0.4, 0.5) is 5.69 Å². The van der Waals surface area contributed by atoms with Crippen LogP contribution in [0.3, 0.4) is 0 Å². The zero-order valence-corrected chi connectivity index (χ0v) is 19.6. The highest BCUT2D eigenvalue weighted by Crippen LogP contribution is 2.21. The number of thiophene rings is 1. The van der Waals surface area contributed by atoms with E-state index in [2.05, 4.69) is 20.6 Å². The van der Waals surface area contributed by atoms with Crippen molar-refractivity contribution >= 4 is 52.0 Å². The summed E-state index contributed by atoms with van der Waals surface area (Å²) < 4.78 is 2.37. The number of hydrogen-bond acceptors (Lipinski definition) is 4. The molecule has 0 saturated carbocycles. The summed E-state index contributed by atoms with van der Waals surface area (Å²) in [7, 11) is 0. The monoisotopic (exact) mass is 487 g/mol. The maximum absolute atomic E-state index is 13.4. The van der Waals surface area contributed by atoms with Crippen molar-refractivity contribution in [2.75, 3.05) is 5.32 Å². The number of nitrogens with one attached hydrogen (secondary N) is 4. The molecule has 3 heterocycles. The number of aromatic amines is 2. The molecule has 9 heteroatoms. The van der Waals surface area contributed by atoms with E-state index in [1.165, 1.54) is 11.3 Å². The lowest BCUT2D eigenvalue weighted by atomic mass is 10.0. The Bertz CT molecular complexity index is 1510. The molecule has 4 N–H and O–H groups in total. The highest BCUT2D eigenvalue weighted by Gasteiger charge is 2.24. The number of benzene rings is 2. The highest BCUT2D eigenvalue weighted by atomic mass is 32.1. The molecule has 7 nitrogen and oxygen atoms in total. The Morgan fingerprint density at radius 1 is 1.06 bits per heavy atom. The number of anilines is 1. The van der Waals surface area contributed by atoms with Crippen molar-refractivity contribution < 1.29 is 9.59 Å². The van der Waals surface area contributed by atoms with Crippen LogP contribution in [0.15, 0.2) is 84.6 Å². The van der Waals surface area contributed by atoms with Gasteiger partial charge in [0, 0.05) is 47.3 Å². The Labute approximate surface area is 204 Å². The van der Waals surface area contributed by atoms with Gasteiger partial charge in [0.05, 0.1) is 4.88 Å². The summed E-state index contributed by atoms with van der Waals surface area (Å²) in [6, 6.07) is 18.1. The van der Waals surface area contributed by atoms with Crippen LogP contribution < -0.4 is 10.6 Å². The number of aromatic nitrogens is 3. The molecule has 34 heavy (non-hydrogen) atoms. The normalized spacial score (nSPS) is 11.9. The lowest BCUT2D eigenvalue weighted by molar-refractivity contribution is -0.118. The minimum Gasteiger partial charge on any atom is -0.361 e. The highest BCUT2D eigenvalue weighted by molar-refractivity contribution is 7.71. The molecule has 3 aromatic heterocycles. The number of carbonyl (C=O) groups excluding carboxylic acids is 2. The topological polar surface area (TPSA) is 94.7 Å². The molecular formula is C25H21N5O2S2. The zero-order valence-electron chi connectivity index (χ0n) is 17.9. The van der Waals surface area contributed by atoms with E-state index in [-0.39, 0.29) is 11.8 Å². The van der Waals surface area contributed by atoms with Crippen LogP contribution in [-0.4, -0.2) is 32.4 Å². The molecule has 170 valence electrons. The van der Waals surface area contributed by atoms with Crippen LogP contribution in [0.1, 0.15) is 15.2 Å². The molecule has 5 aromatic rings. The molecular weight excluding hydrogens is 466 g/mol. The number of imidazole rings is 1. The van der Waals surface area contributed by atoms with E-state index < -0.39 is 6.04 Å². The van der Waals surface area contributed by atoms with Gasteiger partial charge in [-0.15, -0.1) is 11.3 Å². The van der Waals surface area contributed by atoms with Crippen molar-refractivity contribution in [3.05, 3.63) is 99.8 Å². The van der Waals surface area contributed by atoms with Gasteiger partial charge in [-0.05, 0) is 53.5 Å². The van der Waals surface area contributed by atoms with Crippen molar-refractivity contribution in [1.82, 2.24) is 19.9 Å². The second-order valence-corrected chi connectivity index (χ2v) is 9.08. The Morgan fingerprint density at radius 3 is 2.74 bits per heavy atom. The molecule has 0 aliphatic heterocycles. The van der Waals surface area contributed by atoms with Gasteiger partial charge in [-0.25, -0.2) is 0 Å². The molecule has 0 saturated heterocycles. The summed E-state index contributed by atoms with van der Waals surface area (Å²) in [6.07, 6.45) is 5.81. The third-order valence-electron chi connectivity index (χ3n) is 5.51. The van der Waals surface area contributed by atoms with Gasteiger partial charge in [0.15, 0.2) is 4.77 Å². The quantitative estimate of drug-likeness (QED) is 0.242. The van der Waals surface area contributed by atoms with Gasteiger partial charge in [0.25, 0.3) is 5.91 Å². The standard InChI is InChI=1S/C25H21N5O2S2/c31-23(28-17-5-3-6-18(14-17)30-11-10-26-25(30)33)21(29-24(32)22-9-4-12-34-22)13-16-15-27-20-8-2-1-7-19(16)20/h1-12,14-15,21,27H,13H2,(H,26,33)(H,28,31)(H,29,32). The van der Waals surface area contributed by atoms with Crippen molar-refractivity contribution in [2.45, 2.75) is 12.5 Å². The number of fused-ring (bicyclic) bond motifs is 1. The first-order valence-electron chi connectivity index (χ1n) is 10.7. The lowest BCUT2D eigenvalue weighted by Gasteiger charge is -2.18. The molecule has 1 unspecified atom stereocenters. The Balaban J connectivity index is 1.41. The largest absolute Gasteiger partial charge is 0.361 e. The molecule has 2 amide bonds. The van der Waals surface area contributed by atoms with Crippen LogP contribution in [-0.2, 0) is 11.2 Å². The first-order valence-corrected chi connectivity index (χ1v) is 11.9. The smallest absolute Gasteiger partial charge is 0.262 e. The second-order valence-electron chi connectivity index (χ2n) is 7.74. The van der Waals surface area contributed by atoms with Crippen LogP contribution in [0, 0.1) is 4.77 Å². The number of H-pyrrole nitrogens is 2. The van der Waals surface area contributed by atoms with Gasteiger partial charge in [-0.3, -0.25) is 14.2 Å². The van der Waals surface area contributed by atoms with E-state index in [1.54, 1.807) is 12.3 Å². The average Bonchev–Trinajstić information content (AvgIpc) is 3.60. The lowest BCUT2D eigenvalue weighted by Crippen LogP contribution is -2.45. The van der Waals surface area contributed by atoms with E-state index in [4.69, 9.17) is 12.2 Å². The first-order chi connectivity index (χ1) is 16.6. The van der Waals surface area contributed by atoms with Crippen molar-refractivity contribution in [1.29, 1.82) is 0 Å². The zero-order chi connectivity index (χ0) is 23.5. The molecule has 0 radical (unpaired) electrons. The number of carbonyl (C=O) groups is 2. The van der Waals surface area contributed by atoms with E-state index >= 15 is 0 Å². The van der Waals surface area contributed by atoms with Crippen LogP contribution in [0.2, 0.25) is 0 Å². The summed E-state index contributed by atoms with van der Waals surface area (Å²) in [6.45, 7) is 0. The summed E-state index contributed by atoms with van der Waals surface area (Å²) in [5, 5.41) is 8.73. The number of hydrogen-bond donors (Lipinski definition) is 4. The molecule has 0 bridgehead atoms. The fourth-order valence-electron chi connectivity index (χ4n) is 3.85. The molecule has 0 fully saturated rings. The minimum absolute atomic E-state index is 0.276. The predicted octanol–water partition coefficient (Wildman–Crippen LogP) is 5.06. The van der Waals surface area contributed by atoms with E-state index in [9.17, 15) is 9.59 Å². The number of para-hydroxylation sites is 1. The fourth-order valence-corrected chi connectivity index (χ4v) is 4.71. The Morgan fingerprint density at radius 2 is 1.94 bits per heavy atom. The van der Waals surface area contributed by atoms with Gasteiger partial charge < -0.3 is 20.6 Å². The summed E-state index contributed by atoms with van der Waals surface area (Å²) >= 11 is 6.64. The third-order valence-corrected chi connectivity index (χ3v) is 6.69. The second kappa shape index (κ2) is 9.50. The number of rotatable bonds is 7. The SMILES string of the molecule is O=C(NC(Cc1c[nH]c2ccccc12)C(=O)Nc1cccc(-n2cc[nH]c2=S)c1)c1cccs1. The van der Waals surface area contributed by atoms with E-state index in [0.717, 1.165) is 22.2 Å². The molecule has 0 spiro atoms. The van der Waals surface area contributed by atoms with Crippen molar-refractivity contribution in [2.24, 2.45) is 0 Å². The summed E-state index contributed by atoms with van der Waals surface area (Å²) in [5.41, 5.74) is 3.37. The fraction of sp³-hybridized carbons (Fsp3) is 0.0800. The van der Waals surface area contributed by atoms with Crippen molar-refractivity contribution in [3.8, 4) is 5.69 Å². The Kier molecular flexibility index (Phi) is 6.11. The molecule has 2 aromatic carbocycles. The maximum Gasteiger partial charge on any atom is 0.262 e. The van der Waals surface area contributed by atoms with Gasteiger partial charge >= 0.3 is 0 Å². The van der Waals surface area contributed by atoms with Gasteiger partial charge in [-0.2, -0.15) is 0 Å². The van der Waals surface area contributed by atoms with Crippen LogP contribution in [0.5, 0.6) is 0 Å². The molecule has 0 aliphatic rings. The third kappa shape index (κ3) is 4.57. The first kappa shape index (κ1) is 21.9. The number of nitrogens with zero attached hydrogens (tertiary/aromatic N) is 1. The number of amides is 2. The molecule has 0 aliphatic carbocycles. The van der Waals surface area contributed by atoms with Gasteiger partial charge in [0.2, 0.25) is 5.91 Å². The van der Waals surface area contributed by atoms with E-state index in [0.29, 0.717) is 21.8 Å². The maximum atomic E-state index is 13.4. The minimum atomic E-state index is -0.771. The van der Waals surface area contributed by atoms with Gasteiger partial charge in [-0.1, -0.05) is 30.3 Å². The molecule has 1 atom stereocenters. The van der Waals surface area contributed by atoms with Crippen LogP contribution in [0.25, 0.3) is 16.6 Å². The van der Waals surface area contributed by atoms with E-state index in [1.807, 2.05) is 76.9 Å². The predicted molar refractivity (Wildman–Crippen MR) is 137 cm³/mol.